The van der Waals surface area contributed by atoms with Gasteiger partial charge in [-0.15, -0.1) is 12.4 Å². The molecule has 6 nitrogen and oxygen atoms in total. The lowest BCUT2D eigenvalue weighted by atomic mass is 10.00. The third-order valence-corrected chi connectivity index (χ3v) is 5.04. The maximum absolute atomic E-state index is 12.6. The SMILES string of the molecule is Cl.Nc1cccc2c1CCCN2CC(=O)Nc1cccc(C(=O)NC2CC2)c1. The van der Waals surface area contributed by atoms with Crippen molar-refractivity contribution in [3.05, 3.63) is 53.6 Å². The fourth-order valence-electron chi connectivity index (χ4n) is 3.50. The molecule has 0 aromatic heterocycles. The molecule has 7 heteroatoms. The zero-order chi connectivity index (χ0) is 18.8. The largest absolute Gasteiger partial charge is 0.398 e. The standard InChI is InChI=1S/C21H24N4O2.ClH/c22-18-7-2-8-19-17(18)6-3-11-25(19)13-20(26)23-16-5-1-4-14(12-16)21(27)24-15-9-10-15;/h1-2,4-5,7-8,12,15H,3,6,9-11,13,22H2,(H,23,26)(H,24,27);1H. The van der Waals surface area contributed by atoms with E-state index < -0.39 is 0 Å². The van der Waals surface area contributed by atoms with Gasteiger partial charge in [0, 0.05) is 35.2 Å². The number of nitrogen functional groups attached to an aromatic ring is 1. The van der Waals surface area contributed by atoms with E-state index in [9.17, 15) is 9.59 Å². The molecule has 1 heterocycles. The molecular formula is C21H25ClN4O2. The number of rotatable bonds is 5. The molecule has 1 aliphatic carbocycles. The summed E-state index contributed by atoms with van der Waals surface area (Å²) in [7, 11) is 0. The van der Waals surface area contributed by atoms with Gasteiger partial charge in [-0.25, -0.2) is 0 Å². The highest BCUT2D eigenvalue weighted by molar-refractivity contribution is 5.98. The van der Waals surface area contributed by atoms with Crippen LogP contribution < -0.4 is 21.3 Å². The monoisotopic (exact) mass is 400 g/mol. The molecule has 0 atom stereocenters. The fraction of sp³-hybridized carbons (Fsp3) is 0.333. The molecule has 2 amide bonds. The number of halogens is 1. The maximum atomic E-state index is 12.6. The summed E-state index contributed by atoms with van der Waals surface area (Å²) in [5.74, 6) is -0.195. The Morgan fingerprint density at radius 1 is 1.14 bits per heavy atom. The van der Waals surface area contributed by atoms with Gasteiger partial charge in [-0.05, 0) is 61.6 Å². The van der Waals surface area contributed by atoms with Gasteiger partial charge >= 0.3 is 0 Å². The summed E-state index contributed by atoms with van der Waals surface area (Å²) in [6.45, 7) is 1.09. The van der Waals surface area contributed by atoms with Gasteiger partial charge in [-0.3, -0.25) is 9.59 Å². The van der Waals surface area contributed by atoms with Crippen molar-refractivity contribution in [2.45, 2.75) is 31.7 Å². The molecular weight excluding hydrogens is 376 g/mol. The van der Waals surface area contributed by atoms with Crippen LogP contribution in [0, 0.1) is 0 Å². The quantitative estimate of drug-likeness (QED) is 0.673. The first-order chi connectivity index (χ1) is 13.1. The molecule has 148 valence electrons. The van der Waals surface area contributed by atoms with Crippen molar-refractivity contribution in [1.82, 2.24) is 5.32 Å². The molecule has 1 fully saturated rings. The van der Waals surface area contributed by atoms with Gasteiger partial charge < -0.3 is 21.3 Å². The van der Waals surface area contributed by atoms with Gasteiger partial charge in [-0.2, -0.15) is 0 Å². The molecule has 0 radical (unpaired) electrons. The molecule has 2 aliphatic rings. The number of benzene rings is 2. The zero-order valence-electron chi connectivity index (χ0n) is 15.6. The molecule has 0 spiro atoms. The van der Waals surface area contributed by atoms with Crippen LogP contribution in [0.3, 0.4) is 0 Å². The van der Waals surface area contributed by atoms with Gasteiger partial charge in [0.1, 0.15) is 0 Å². The van der Waals surface area contributed by atoms with Gasteiger partial charge in [0.25, 0.3) is 5.91 Å². The number of anilines is 3. The third-order valence-electron chi connectivity index (χ3n) is 5.04. The number of hydrogen-bond acceptors (Lipinski definition) is 4. The Kier molecular flexibility index (Phi) is 6.09. The van der Waals surface area contributed by atoms with E-state index >= 15 is 0 Å². The van der Waals surface area contributed by atoms with Gasteiger partial charge in [0.05, 0.1) is 6.54 Å². The second-order valence-corrected chi connectivity index (χ2v) is 7.25. The summed E-state index contributed by atoms with van der Waals surface area (Å²) in [4.78, 5) is 26.8. The maximum Gasteiger partial charge on any atom is 0.251 e. The molecule has 0 bridgehead atoms. The Bertz CT molecular complexity index is 882. The van der Waals surface area contributed by atoms with Gasteiger partial charge in [0.2, 0.25) is 5.91 Å². The number of nitrogens with zero attached hydrogens (tertiary/aromatic N) is 1. The van der Waals surface area contributed by atoms with E-state index in [0.717, 1.165) is 49.2 Å². The number of nitrogens with one attached hydrogen (secondary N) is 2. The first kappa shape index (κ1) is 20.0. The number of nitrogens with two attached hydrogens (primary N) is 1. The molecule has 0 saturated heterocycles. The molecule has 4 N–H and O–H groups in total. The number of carbonyl (C=O) groups excluding carboxylic acids is 2. The second kappa shape index (κ2) is 8.52. The molecule has 2 aromatic carbocycles. The lowest BCUT2D eigenvalue weighted by Gasteiger charge is -2.31. The average molecular weight is 401 g/mol. The van der Waals surface area contributed by atoms with Crippen molar-refractivity contribution >= 4 is 41.3 Å². The summed E-state index contributed by atoms with van der Waals surface area (Å²) in [6, 6.07) is 13.2. The lowest BCUT2D eigenvalue weighted by Crippen LogP contribution is -2.37. The summed E-state index contributed by atoms with van der Waals surface area (Å²) >= 11 is 0. The van der Waals surface area contributed by atoms with Crippen LogP contribution in [0.4, 0.5) is 17.1 Å². The van der Waals surface area contributed by atoms with Crippen LogP contribution in [0.2, 0.25) is 0 Å². The first-order valence-electron chi connectivity index (χ1n) is 9.43. The molecule has 4 rings (SSSR count). The average Bonchev–Trinajstić information content (AvgIpc) is 3.47. The Morgan fingerprint density at radius 2 is 1.93 bits per heavy atom. The smallest absolute Gasteiger partial charge is 0.251 e. The highest BCUT2D eigenvalue weighted by Crippen LogP contribution is 2.31. The second-order valence-electron chi connectivity index (χ2n) is 7.25. The Labute approximate surface area is 170 Å². The Morgan fingerprint density at radius 3 is 2.71 bits per heavy atom. The number of hydrogen-bond donors (Lipinski definition) is 3. The Hall–Kier alpha value is -2.73. The van der Waals surface area contributed by atoms with Crippen LogP contribution in [0.25, 0.3) is 0 Å². The van der Waals surface area contributed by atoms with Crippen molar-refractivity contribution in [3.63, 3.8) is 0 Å². The minimum absolute atomic E-state index is 0. The van der Waals surface area contributed by atoms with Crippen LogP contribution in [-0.2, 0) is 11.2 Å². The van der Waals surface area contributed by atoms with Crippen LogP contribution in [0.1, 0.15) is 35.2 Å². The summed E-state index contributed by atoms with van der Waals surface area (Å²) in [5, 5.41) is 5.87. The highest BCUT2D eigenvalue weighted by Gasteiger charge is 2.24. The Balaban J connectivity index is 0.00000225. The summed E-state index contributed by atoms with van der Waals surface area (Å²) in [5.41, 5.74) is 10.2. The van der Waals surface area contributed by atoms with E-state index in [0.29, 0.717) is 17.3 Å². The normalized spacial score (nSPS) is 15.2. The van der Waals surface area contributed by atoms with Crippen LogP contribution >= 0.6 is 12.4 Å². The molecule has 1 saturated carbocycles. The van der Waals surface area contributed by atoms with Gasteiger partial charge in [0.15, 0.2) is 0 Å². The molecule has 28 heavy (non-hydrogen) atoms. The fourth-order valence-corrected chi connectivity index (χ4v) is 3.50. The predicted molar refractivity (Wildman–Crippen MR) is 114 cm³/mol. The van der Waals surface area contributed by atoms with Crippen molar-refractivity contribution in [3.8, 4) is 0 Å². The van der Waals surface area contributed by atoms with Crippen LogP contribution in [0.15, 0.2) is 42.5 Å². The van der Waals surface area contributed by atoms with Crippen molar-refractivity contribution < 1.29 is 9.59 Å². The van der Waals surface area contributed by atoms with E-state index in [1.807, 2.05) is 18.2 Å². The number of fused-ring (bicyclic) bond motifs is 1. The third kappa shape index (κ3) is 4.57. The minimum atomic E-state index is -0.106. The molecule has 1 aliphatic heterocycles. The predicted octanol–water partition coefficient (Wildman–Crippen LogP) is 2.97. The first-order valence-corrected chi connectivity index (χ1v) is 9.43. The lowest BCUT2D eigenvalue weighted by molar-refractivity contribution is -0.115. The van der Waals surface area contributed by atoms with E-state index in [4.69, 9.17) is 5.73 Å². The number of amides is 2. The van der Waals surface area contributed by atoms with Gasteiger partial charge in [-0.1, -0.05) is 12.1 Å². The van der Waals surface area contributed by atoms with E-state index in [1.165, 1.54) is 0 Å². The highest BCUT2D eigenvalue weighted by atomic mass is 35.5. The van der Waals surface area contributed by atoms with E-state index in [1.54, 1.807) is 24.3 Å². The minimum Gasteiger partial charge on any atom is -0.398 e. The van der Waals surface area contributed by atoms with E-state index in [2.05, 4.69) is 15.5 Å². The summed E-state index contributed by atoms with van der Waals surface area (Å²) < 4.78 is 0. The molecule has 2 aromatic rings. The summed E-state index contributed by atoms with van der Waals surface area (Å²) in [6.07, 6.45) is 4.01. The topological polar surface area (TPSA) is 87.5 Å². The van der Waals surface area contributed by atoms with Crippen molar-refractivity contribution in [2.24, 2.45) is 0 Å². The van der Waals surface area contributed by atoms with Crippen LogP contribution in [0.5, 0.6) is 0 Å². The zero-order valence-corrected chi connectivity index (χ0v) is 16.4. The van der Waals surface area contributed by atoms with Crippen LogP contribution in [-0.4, -0.2) is 30.9 Å². The molecule has 0 unspecified atom stereocenters. The number of carbonyl (C=O) groups is 2. The van der Waals surface area contributed by atoms with E-state index in [-0.39, 0.29) is 30.8 Å². The van der Waals surface area contributed by atoms with Crippen molar-refractivity contribution in [2.75, 3.05) is 29.0 Å². The van der Waals surface area contributed by atoms with Crippen molar-refractivity contribution in [1.29, 1.82) is 0 Å².